The number of hydrogen-bond acceptors (Lipinski definition) is 4. The van der Waals surface area contributed by atoms with Crippen molar-refractivity contribution >= 4 is 11.9 Å². The van der Waals surface area contributed by atoms with Gasteiger partial charge in [-0.3, -0.25) is 9.59 Å². The Labute approximate surface area is 97.3 Å². The third-order valence-electron chi connectivity index (χ3n) is 2.12. The van der Waals surface area contributed by atoms with Crippen LogP contribution in [0.2, 0.25) is 0 Å². The molecule has 0 heterocycles. The van der Waals surface area contributed by atoms with Crippen molar-refractivity contribution in [2.75, 3.05) is 7.11 Å². The number of rotatable bonds is 4. The summed E-state index contributed by atoms with van der Waals surface area (Å²) in [6, 6.07) is 0. The van der Waals surface area contributed by atoms with E-state index >= 15 is 0 Å². The highest BCUT2D eigenvalue weighted by molar-refractivity contribution is 5.75. The maximum atomic E-state index is 11.6. The van der Waals surface area contributed by atoms with Crippen molar-refractivity contribution in [2.45, 2.75) is 46.6 Å². The van der Waals surface area contributed by atoms with E-state index in [0.29, 0.717) is 6.42 Å². The van der Waals surface area contributed by atoms with E-state index in [2.05, 4.69) is 4.74 Å². The Morgan fingerprint density at radius 3 is 1.88 bits per heavy atom. The molecule has 0 aromatic rings. The van der Waals surface area contributed by atoms with Gasteiger partial charge in [-0.1, -0.05) is 13.8 Å². The van der Waals surface area contributed by atoms with Gasteiger partial charge in [0.15, 0.2) is 0 Å². The highest BCUT2D eigenvalue weighted by Crippen LogP contribution is 2.18. The molecule has 0 aliphatic carbocycles. The van der Waals surface area contributed by atoms with E-state index in [9.17, 15) is 9.59 Å². The minimum absolute atomic E-state index is 0.275. The molecule has 0 amide bonds. The predicted octanol–water partition coefficient (Wildman–Crippen LogP) is 2.16. The molecule has 0 bridgehead atoms. The van der Waals surface area contributed by atoms with Crippen LogP contribution in [0.15, 0.2) is 0 Å². The van der Waals surface area contributed by atoms with E-state index in [0.717, 1.165) is 0 Å². The Kier molecular flexibility index (Phi) is 5.48. The van der Waals surface area contributed by atoms with Gasteiger partial charge >= 0.3 is 11.9 Å². The predicted molar refractivity (Wildman–Crippen MR) is 60.8 cm³/mol. The zero-order valence-electron chi connectivity index (χ0n) is 11.0. The Balaban J connectivity index is 4.21. The summed E-state index contributed by atoms with van der Waals surface area (Å²) < 4.78 is 9.83. The first-order valence-electron chi connectivity index (χ1n) is 5.48. The molecule has 2 atom stereocenters. The van der Waals surface area contributed by atoms with Gasteiger partial charge in [-0.25, -0.2) is 0 Å². The average molecular weight is 230 g/mol. The summed E-state index contributed by atoms with van der Waals surface area (Å²) in [6.07, 6.45) is 0.446. The number of esters is 2. The second kappa shape index (κ2) is 5.87. The van der Waals surface area contributed by atoms with Gasteiger partial charge in [0.25, 0.3) is 0 Å². The molecule has 4 nitrogen and oxygen atoms in total. The van der Waals surface area contributed by atoms with Gasteiger partial charge < -0.3 is 9.47 Å². The van der Waals surface area contributed by atoms with Crippen LogP contribution in [-0.4, -0.2) is 24.6 Å². The van der Waals surface area contributed by atoms with Crippen molar-refractivity contribution in [3.8, 4) is 0 Å². The van der Waals surface area contributed by atoms with Crippen molar-refractivity contribution < 1.29 is 19.1 Å². The molecule has 0 N–H and O–H groups in total. The minimum atomic E-state index is -0.486. The zero-order chi connectivity index (χ0) is 12.9. The van der Waals surface area contributed by atoms with Crippen LogP contribution in [0.25, 0.3) is 0 Å². The summed E-state index contributed by atoms with van der Waals surface area (Å²) in [4.78, 5) is 22.8. The highest BCUT2D eigenvalue weighted by Gasteiger charge is 2.25. The fourth-order valence-electron chi connectivity index (χ4n) is 1.33. The van der Waals surface area contributed by atoms with E-state index in [1.807, 2.05) is 20.8 Å². The molecule has 0 aliphatic rings. The molecule has 0 aliphatic heterocycles. The topological polar surface area (TPSA) is 52.6 Å². The Hall–Kier alpha value is -1.06. The molecule has 0 saturated heterocycles. The summed E-state index contributed by atoms with van der Waals surface area (Å²) >= 11 is 0. The molecule has 4 heteroatoms. The van der Waals surface area contributed by atoms with Crippen LogP contribution in [0.1, 0.15) is 41.0 Å². The largest absolute Gasteiger partial charge is 0.469 e. The summed E-state index contributed by atoms with van der Waals surface area (Å²) in [5, 5.41) is 0. The normalized spacial score (nSPS) is 15.1. The van der Waals surface area contributed by atoms with Gasteiger partial charge in [0.05, 0.1) is 18.9 Å². The molecule has 0 aromatic heterocycles. The van der Waals surface area contributed by atoms with Crippen LogP contribution in [-0.2, 0) is 19.1 Å². The Morgan fingerprint density at radius 2 is 1.50 bits per heavy atom. The number of carbonyl (C=O) groups excluding carboxylic acids is 2. The lowest BCUT2D eigenvalue weighted by molar-refractivity contribution is -0.160. The summed E-state index contributed by atoms with van der Waals surface area (Å²) in [5.74, 6) is -1.15. The van der Waals surface area contributed by atoms with Gasteiger partial charge in [0, 0.05) is 0 Å². The quantitative estimate of drug-likeness (QED) is 0.694. The molecule has 0 rings (SSSR count). The molecule has 0 radical (unpaired) electrons. The zero-order valence-corrected chi connectivity index (χ0v) is 11.0. The van der Waals surface area contributed by atoms with Crippen molar-refractivity contribution in [1.82, 2.24) is 0 Å². The molecule has 0 spiro atoms. The number of carbonyl (C=O) groups is 2. The number of methoxy groups -OCH3 is 1. The smallest absolute Gasteiger partial charge is 0.309 e. The Morgan fingerprint density at radius 1 is 1.06 bits per heavy atom. The van der Waals surface area contributed by atoms with Crippen LogP contribution < -0.4 is 0 Å². The van der Waals surface area contributed by atoms with E-state index in [4.69, 9.17) is 4.74 Å². The second-order valence-corrected chi connectivity index (χ2v) is 5.09. The van der Waals surface area contributed by atoms with Gasteiger partial charge in [-0.15, -0.1) is 0 Å². The molecular weight excluding hydrogens is 208 g/mol. The first-order valence-corrected chi connectivity index (χ1v) is 5.48. The van der Waals surface area contributed by atoms with Crippen LogP contribution in [0.4, 0.5) is 0 Å². The maximum absolute atomic E-state index is 11.6. The molecule has 94 valence electrons. The third-order valence-corrected chi connectivity index (χ3v) is 2.12. The lowest BCUT2D eigenvalue weighted by atomic mass is 9.97. The highest BCUT2D eigenvalue weighted by atomic mass is 16.6. The van der Waals surface area contributed by atoms with Crippen LogP contribution in [0.3, 0.4) is 0 Å². The first-order chi connectivity index (χ1) is 7.17. The summed E-state index contributed by atoms with van der Waals surface area (Å²) in [5.41, 5.74) is -0.486. The second-order valence-electron chi connectivity index (χ2n) is 5.09. The van der Waals surface area contributed by atoms with Crippen LogP contribution in [0.5, 0.6) is 0 Å². The van der Waals surface area contributed by atoms with Crippen molar-refractivity contribution in [3.05, 3.63) is 0 Å². The van der Waals surface area contributed by atoms with Gasteiger partial charge in [0.1, 0.15) is 5.60 Å². The van der Waals surface area contributed by atoms with Crippen LogP contribution >= 0.6 is 0 Å². The molecule has 16 heavy (non-hydrogen) atoms. The van der Waals surface area contributed by atoms with Crippen LogP contribution in [0, 0.1) is 11.8 Å². The first kappa shape index (κ1) is 14.9. The monoisotopic (exact) mass is 230 g/mol. The van der Waals surface area contributed by atoms with Gasteiger partial charge in [-0.05, 0) is 27.2 Å². The standard InChI is InChI=1S/C12H22O4/c1-8(10(13)15-6)7-9(2)11(14)16-12(3,4)5/h8-9H,7H2,1-6H3/t8?,9-/m0/s1. The van der Waals surface area contributed by atoms with E-state index < -0.39 is 5.60 Å². The van der Waals surface area contributed by atoms with Crippen molar-refractivity contribution in [3.63, 3.8) is 0 Å². The summed E-state index contributed by atoms with van der Waals surface area (Å²) in [6.45, 7) is 8.96. The lowest BCUT2D eigenvalue weighted by Crippen LogP contribution is -2.29. The minimum Gasteiger partial charge on any atom is -0.469 e. The fourth-order valence-corrected chi connectivity index (χ4v) is 1.33. The maximum Gasteiger partial charge on any atom is 0.309 e. The molecule has 0 aromatic carbocycles. The average Bonchev–Trinajstić information content (AvgIpc) is 2.13. The molecule has 0 fully saturated rings. The summed E-state index contributed by atoms with van der Waals surface area (Å²) in [7, 11) is 1.34. The van der Waals surface area contributed by atoms with Crippen molar-refractivity contribution in [1.29, 1.82) is 0 Å². The van der Waals surface area contributed by atoms with E-state index in [-0.39, 0.29) is 23.8 Å². The number of ether oxygens (including phenoxy) is 2. The molecule has 1 unspecified atom stereocenters. The number of hydrogen-bond donors (Lipinski definition) is 0. The Bertz CT molecular complexity index is 252. The third kappa shape index (κ3) is 5.73. The van der Waals surface area contributed by atoms with Gasteiger partial charge in [-0.2, -0.15) is 0 Å². The SMILES string of the molecule is COC(=O)C(C)C[C@H](C)C(=O)OC(C)(C)C. The van der Waals surface area contributed by atoms with E-state index in [1.165, 1.54) is 7.11 Å². The molecule has 0 saturated carbocycles. The fraction of sp³-hybridized carbons (Fsp3) is 0.833. The molecular formula is C12H22O4. The van der Waals surface area contributed by atoms with Gasteiger partial charge in [0.2, 0.25) is 0 Å². The van der Waals surface area contributed by atoms with E-state index in [1.54, 1.807) is 13.8 Å². The van der Waals surface area contributed by atoms with Crippen molar-refractivity contribution in [2.24, 2.45) is 11.8 Å². The lowest BCUT2D eigenvalue weighted by Gasteiger charge is -2.23.